The van der Waals surface area contributed by atoms with Gasteiger partial charge in [0, 0.05) is 0 Å². The lowest BCUT2D eigenvalue weighted by molar-refractivity contribution is 0.0257. The minimum absolute atomic E-state index is 0.0954. The molecular formula is C15H14ClN5O3. The van der Waals surface area contributed by atoms with Crippen molar-refractivity contribution in [2.75, 3.05) is 0 Å². The lowest BCUT2D eigenvalue weighted by Crippen LogP contribution is -2.11. The van der Waals surface area contributed by atoms with E-state index in [4.69, 9.17) is 20.9 Å². The van der Waals surface area contributed by atoms with Gasteiger partial charge in [0.05, 0.1) is 16.4 Å². The van der Waals surface area contributed by atoms with Crippen LogP contribution in [0.2, 0.25) is 5.02 Å². The van der Waals surface area contributed by atoms with Crippen LogP contribution in [0, 0.1) is 13.8 Å². The SMILES string of the molecule is Cc1noc([C@H](C)OC(=O)c2nnn(-c3ccccc3Cl)c2C)n1. The molecule has 0 bridgehead atoms. The van der Waals surface area contributed by atoms with Gasteiger partial charge in [0.25, 0.3) is 5.89 Å². The number of para-hydroxylation sites is 1. The summed E-state index contributed by atoms with van der Waals surface area (Å²) in [6.45, 7) is 5.03. The van der Waals surface area contributed by atoms with Gasteiger partial charge in [-0.2, -0.15) is 4.98 Å². The highest BCUT2D eigenvalue weighted by atomic mass is 35.5. The molecule has 0 aliphatic heterocycles. The third kappa shape index (κ3) is 3.00. The zero-order valence-electron chi connectivity index (χ0n) is 13.2. The van der Waals surface area contributed by atoms with E-state index in [9.17, 15) is 4.79 Å². The molecule has 0 saturated carbocycles. The maximum absolute atomic E-state index is 12.3. The van der Waals surface area contributed by atoms with Crippen molar-refractivity contribution in [2.24, 2.45) is 0 Å². The van der Waals surface area contributed by atoms with Gasteiger partial charge >= 0.3 is 5.97 Å². The number of aromatic nitrogens is 5. The van der Waals surface area contributed by atoms with Gasteiger partial charge in [0.1, 0.15) is 0 Å². The summed E-state index contributed by atoms with van der Waals surface area (Å²) in [4.78, 5) is 16.4. The molecule has 24 heavy (non-hydrogen) atoms. The van der Waals surface area contributed by atoms with E-state index < -0.39 is 12.1 Å². The molecule has 0 aliphatic carbocycles. The zero-order chi connectivity index (χ0) is 17.3. The van der Waals surface area contributed by atoms with E-state index in [0.29, 0.717) is 22.2 Å². The Balaban J connectivity index is 1.83. The molecule has 0 saturated heterocycles. The molecule has 2 aromatic heterocycles. The highest BCUT2D eigenvalue weighted by molar-refractivity contribution is 6.32. The average Bonchev–Trinajstić information content (AvgIpc) is 3.14. The van der Waals surface area contributed by atoms with Gasteiger partial charge < -0.3 is 9.26 Å². The Kier molecular flexibility index (Phi) is 4.30. The third-order valence-corrected chi connectivity index (χ3v) is 3.66. The van der Waals surface area contributed by atoms with Gasteiger partial charge in [-0.15, -0.1) is 5.10 Å². The number of carbonyl (C=O) groups is 1. The topological polar surface area (TPSA) is 95.9 Å². The summed E-state index contributed by atoms with van der Waals surface area (Å²) < 4.78 is 11.8. The highest BCUT2D eigenvalue weighted by Gasteiger charge is 2.24. The van der Waals surface area contributed by atoms with Crippen molar-refractivity contribution in [1.82, 2.24) is 25.1 Å². The van der Waals surface area contributed by atoms with Crippen molar-refractivity contribution in [2.45, 2.75) is 26.9 Å². The second-order valence-corrected chi connectivity index (χ2v) is 5.52. The normalized spacial score (nSPS) is 12.2. The first kappa shape index (κ1) is 16.1. The predicted molar refractivity (Wildman–Crippen MR) is 84.0 cm³/mol. The molecule has 0 N–H and O–H groups in total. The van der Waals surface area contributed by atoms with E-state index in [1.54, 1.807) is 39.0 Å². The van der Waals surface area contributed by atoms with E-state index >= 15 is 0 Å². The largest absolute Gasteiger partial charge is 0.448 e. The Hall–Kier alpha value is -2.74. The van der Waals surface area contributed by atoms with Gasteiger partial charge in [-0.05, 0) is 32.9 Å². The van der Waals surface area contributed by atoms with Crippen LogP contribution in [0.25, 0.3) is 5.69 Å². The minimum atomic E-state index is -0.691. The van der Waals surface area contributed by atoms with Crippen LogP contribution in [0.3, 0.4) is 0 Å². The van der Waals surface area contributed by atoms with Crippen LogP contribution in [-0.2, 0) is 4.74 Å². The standard InChI is InChI=1S/C15H14ClN5O3/c1-8-13(15(22)23-9(2)14-17-10(3)19-24-14)18-20-21(8)12-7-5-4-6-11(12)16/h4-7,9H,1-3H3/t9-/m0/s1. The minimum Gasteiger partial charge on any atom is -0.448 e. The number of halogens is 1. The Morgan fingerprint density at radius 3 is 2.75 bits per heavy atom. The molecule has 124 valence electrons. The van der Waals surface area contributed by atoms with Crippen LogP contribution in [0.4, 0.5) is 0 Å². The number of esters is 1. The van der Waals surface area contributed by atoms with Crippen molar-refractivity contribution in [3.63, 3.8) is 0 Å². The van der Waals surface area contributed by atoms with Crippen LogP contribution in [-0.4, -0.2) is 31.1 Å². The number of carbonyl (C=O) groups excluding carboxylic acids is 1. The van der Waals surface area contributed by atoms with E-state index in [1.165, 1.54) is 4.68 Å². The molecule has 9 heteroatoms. The molecule has 0 fully saturated rings. The lowest BCUT2D eigenvalue weighted by Gasteiger charge is -2.08. The van der Waals surface area contributed by atoms with Crippen LogP contribution >= 0.6 is 11.6 Å². The maximum Gasteiger partial charge on any atom is 0.361 e. The third-order valence-electron chi connectivity index (χ3n) is 3.34. The molecule has 0 unspecified atom stereocenters. The fourth-order valence-corrected chi connectivity index (χ4v) is 2.33. The van der Waals surface area contributed by atoms with Crippen LogP contribution in [0.1, 0.15) is 40.9 Å². The Morgan fingerprint density at radius 1 is 1.33 bits per heavy atom. The van der Waals surface area contributed by atoms with Crippen molar-refractivity contribution < 1.29 is 14.1 Å². The van der Waals surface area contributed by atoms with Crippen molar-refractivity contribution >= 4 is 17.6 Å². The molecule has 0 radical (unpaired) electrons. The fraction of sp³-hybridized carbons (Fsp3) is 0.267. The zero-order valence-corrected chi connectivity index (χ0v) is 14.0. The molecule has 0 amide bonds. The highest BCUT2D eigenvalue weighted by Crippen LogP contribution is 2.22. The second-order valence-electron chi connectivity index (χ2n) is 5.11. The number of nitrogens with zero attached hydrogens (tertiary/aromatic N) is 5. The Bertz CT molecular complexity index is 889. The Labute approximate surface area is 142 Å². The molecular weight excluding hydrogens is 334 g/mol. The number of ether oxygens (including phenoxy) is 1. The summed E-state index contributed by atoms with van der Waals surface area (Å²) in [6, 6.07) is 7.14. The van der Waals surface area contributed by atoms with E-state index in [1.807, 2.05) is 6.07 Å². The molecule has 3 aromatic rings. The fourth-order valence-electron chi connectivity index (χ4n) is 2.12. The van der Waals surface area contributed by atoms with Crippen molar-refractivity contribution in [1.29, 1.82) is 0 Å². The maximum atomic E-state index is 12.3. The van der Waals surface area contributed by atoms with E-state index in [-0.39, 0.29) is 11.6 Å². The molecule has 0 spiro atoms. The number of rotatable bonds is 4. The van der Waals surface area contributed by atoms with Gasteiger partial charge in [0.2, 0.25) is 0 Å². The number of hydrogen-bond donors (Lipinski definition) is 0. The first-order valence-corrected chi connectivity index (χ1v) is 7.53. The summed E-state index contributed by atoms with van der Waals surface area (Å²) in [5.41, 5.74) is 1.24. The van der Waals surface area contributed by atoms with Gasteiger partial charge in [-0.25, -0.2) is 9.48 Å². The van der Waals surface area contributed by atoms with Crippen LogP contribution in [0.15, 0.2) is 28.8 Å². The molecule has 1 atom stereocenters. The predicted octanol–water partition coefficient (Wildman–Crippen LogP) is 2.84. The Morgan fingerprint density at radius 2 is 2.08 bits per heavy atom. The summed E-state index contributed by atoms with van der Waals surface area (Å²) in [5, 5.41) is 12.0. The molecule has 8 nitrogen and oxygen atoms in total. The van der Waals surface area contributed by atoms with E-state index in [2.05, 4.69) is 20.5 Å². The van der Waals surface area contributed by atoms with Crippen molar-refractivity contribution in [3.8, 4) is 5.69 Å². The monoisotopic (exact) mass is 347 g/mol. The van der Waals surface area contributed by atoms with Crippen LogP contribution in [0.5, 0.6) is 0 Å². The molecule has 2 heterocycles. The average molecular weight is 348 g/mol. The van der Waals surface area contributed by atoms with Gasteiger partial charge in [0.15, 0.2) is 17.6 Å². The van der Waals surface area contributed by atoms with E-state index in [0.717, 1.165) is 0 Å². The first-order chi connectivity index (χ1) is 11.5. The summed E-state index contributed by atoms with van der Waals surface area (Å²) in [6.07, 6.45) is -0.691. The summed E-state index contributed by atoms with van der Waals surface area (Å²) >= 11 is 6.15. The van der Waals surface area contributed by atoms with Gasteiger partial charge in [-0.3, -0.25) is 0 Å². The first-order valence-electron chi connectivity index (χ1n) is 7.15. The second kappa shape index (κ2) is 6.40. The molecule has 3 rings (SSSR count). The summed E-state index contributed by atoms with van der Waals surface area (Å²) in [7, 11) is 0. The number of hydrogen-bond acceptors (Lipinski definition) is 7. The quantitative estimate of drug-likeness (QED) is 0.669. The number of benzene rings is 1. The number of aryl methyl sites for hydroxylation is 1. The van der Waals surface area contributed by atoms with Gasteiger partial charge in [-0.1, -0.05) is 34.1 Å². The lowest BCUT2D eigenvalue weighted by atomic mass is 10.3. The summed E-state index contributed by atoms with van der Waals surface area (Å²) in [5.74, 6) is 0.0555. The molecule has 1 aromatic carbocycles. The van der Waals surface area contributed by atoms with Crippen LogP contribution < -0.4 is 0 Å². The molecule has 0 aliphatic rings. The smallest absolute Gasteiger partial charge is 0.361 e. The van der Waals surface area contributed by atoms with Crippen molar-refractivity contribution in [3.05, 3.63) is 52.4 Å².